The molecule has 0 spiro atoms. The molecule has 6 heteroatoms. The molecule has 1 N–H and O–H groups in total. The number of imidazole rings is 1. The lowest BCUT2D eigenvalue weighted by molar-refractivity contribution is -0.129. The van der Waals surface area contributed by atoms with Gasteiger partial charge in [0.05, 0.1) is 6.04 Å². The van der Waals surface area contributed by atoms with Crippen LogP contribution in [0.4, 0.5) is 0 Å². The van der Waals surface area contributed by atoms with Gasteiger partial charge in [0.1, 0.15) is 5.69 Å². The molecule has 1 atom stereocenters. The highest BCUT2D eigenvalue weighted by Crippen LogP contribution is 2.30. The Labute approximate surface area is 123 Å². The number of carbonyl (C=O) groups is 1. The van der Waals surface area contributed by atoms with Crippen LogP contribution in [0.5, 0.6) is 0 Å². The minimum absolute atomic E-state index is 0.0165. The van der Waals surface area contributed by atoms with Crippen molar-refractivity contribution in [3.63, 3.8) is 0 Å². The Balaban J connectivity index is 2.00. The molecule has 2 aromatic heterocycles. The molecule has 0 aliphatic carbocycles. The normalized spacial score (nSPS) is 18.2. The smallest absolute Gasteiger partial charge is 0.220 e. The maximum Gasteiger partial charge on any atom is 0.220 e. The Morgan fingerprint density at radius 3 is 2.86 bits per heavy atom. The van der Waals surface area contributed by atoms with E-state index in [-0.39, 0.29) is 11.9 Å². The Hall–Kier alpha value is -2.24. The summed E-state index contributed by atoms with van der Waals surface area (Å²) in [7, 11) is 0. The van der Waals surface area contributed by atoms with Crippen molar-refractivity contribution in [1.82, 2.24) is 24.8 Å². The number of amides is 1. The predicted molar refractivity (Wildman–Crippen MR) is 78.4 cm³/mol. The van der Waals surface area contributed by atoms with Gasteiger partial charge in [0.15, 0.2) is 11.6 Å². The van der Waals surface area contributed by atoms with Gasteiger partial charge in [-0.1, -0.05) is 0 Å². The standard InChI is InChI=1S/C15H19N5O/c1-9-7-12(14-16-8-10(2)18-14)19-15(17-9)13-5-4-6-20(13)11(3)21/h7-8,13H,4-6H2,1-3H3,(H,16,18)/t13-/m1/s1. The van der Waals surface area contributed by atoms with Crippen molar-refractivity contribution in [1.29, 1.82) is 0 Å². The number of carbonyl (C=O) groups excluding carboxylic acids is 1. The first-order chi connectivity index (χ1) is 10.0. The van der Waals surface area contributed by atoms with Crippen LogP contribution in [0.3, 0.4) is 0 Å². The molecule has 3 heterocycles. The van der Waals surface area contributed by atoms with E-state index in [1.165, 1.54) is 0 Å². The van der Waals surface area contributed by atoms with Crippen LogP contribution in [0, 0.1) is 13.8 Å². The van der Waals surface area contributed by atoms with Crippen LogP contribution in [-0.2, 0) is 4.79 Å². The van der Waals surface area contributed by atoms with Crippen LogP contribution in [0.2, 0.25) is 0 Å². The van der Waals surface area contributed by atoms with Gasteiger partial charge in [0, 0.05) is 31.1 Å². The molecule has 1 fully saturated rings. The quantitative estimate of drug-likeness (QED) is 0.917. The van der Waals surface area contributed by atoms with Crippen LogP contribution < -0.4 is 0 Å². The average Bonchev–Trinajstić information content (AvgIpc) is 3.06. The topological polar surface area (TPSA) is 74.8 Å². The fourth-order valence-corrected chi connectivity index (χ4v) is 2.82. The first-order valence-corrected chi connectivity index (χ1v) is 7.19. The van der Waals surface area contributed by atoms with E-state index in [1.807, 2.05) is 24.8 Å². The Bertz CT molecular complexity index is 678. The summed E-state index contributed by atoms with van der Waals surface area (Å²) in [5.74, 6) is 1.54. The Morgan fingerprint density at radius 1 is 1.38 bits per heavy atom. The van der Waals surface area contributed by atoms with E-state index in [2.05, 4.69) is 19.9 Å². The molecule has 0 saturated carbocycles. The van der Waals surface area contributed by atoms with E-state index in [0.29, 0.717) is 5.82 Å². The number of hydrogen-bond acceptors (Lipinski definition) is 4. The van der Waals surface area contributed by atoms with Crippen LogP contribution >= 0.6 is 0 Å². The van der Waals surface area contributed by atoms with Crippen molar-refractivity contribution in [2.75, 3.05) is 6.54 Å². The number of rotatable bonds is 2. The molecule has 1 saturated heterocycles. The van der Waals surface area contributed by atoms with Gasteiger partial charge in [-0.15, -0.1) is 0 Å². The summed E-state index contributed by atoms with van der Waals surface area (Å²) in [6.07, 6.45) is 3.69. The molecule has 2 aromatic rings. The number of likely N-dealkylation sites (tertiary alicyclic amines) is 1. The zero-order valence-electron chi connectivity index (χ0n) is 12.6. The molecule has 6 nitrogen and oxygen atoms in total. The second-order valence-corrected chi connectivity index (χ2v) is 5.54. The van der Waals surface area contributed by atoms with E-state index >= 15 is 0 Å². The number of nitrogens with one attached hydrogen (secondary N) is 1. The fourth-order valence-electron chi connectivity index (χ4n) is 2.82. The molecule has 0 unspecified atom stereocenters. The van der Waals surface area contributed by atoms with Crippen molar-refractivity contribution < 1.29 is 4.79 Å². The number of nitrogens with zero attached hydrogens (tertiary/aromatic N) is 4. The van der Waals surface area contributed by atoms with Gasteiger partial charge in [-0.25, -0.2) is 15.0 Å². The fraction of sp³-hybridized carbons (Fsp3) is 0.467. The summed E-state index contributed by atoms with van der Waals surface area (Å²) in [5.41, 5.74) is 2.66. The van der Waals surface area contributed by atoms with E-state index in [1.54, 1.807) is 13.1 Å². The van der Waals surface area contributed by atoms with Crippen molar-refractivity contribution in [2.24, 2.45) is 0 Å². The van der Waals surface area contributed by atoms with Crippen molar-refractivity contribution in [2.45, 2.75) is 39.7 Å². The van der Waals surface area contributed by atoms with Crippen LogP contribution in [0.25, 0.3) is 11.5 Å². The third-order valence-corrected chi connectivity index (χ3v) is 3.77. The van der Waals surface area contributed by atoms with Crippen LogP contribution in [0.1, 0.15) is 43.0 Å². The van der Waals surface area contributed by atoms with Crippen LogP contribution in [0.15, 0.2) is 12.3 Å². The molecule has 1 aliphatic heterocycles. The molecular weight excluding hydrogens is 266 g/mol. The molecule has 21 heavy (non-hydrogen) atoms. The minimum atomic E-state index is -0.0165. The van der Waals surface area contributed by atoms with E-state index in [9.17, 15) is 4.79 Å². The molecule has 1 aliphatic rings. The van der Waals surface area contributed by atoms with Gasteiger partial charge in [-0.05, 0) is 32.8 Å². The molecular formula is C15H19N5O. The molecule has 0 aromatic carbocycles. The highest BCUT2D eigenvalue weighted by atomic mass is 16.2. The minimum Gasteiger partial charge on any atom is -0.341 e. The maximum absolute atomic E-state index is 11.7. The summed E-state index contributed by atoms with van der Waals surface area (Å²) >= 11 is 0. The summed E-state index contributed by atoms with van der Waals surface area (Å²) in [6, 6.07) is 1.90. The number of hydrogen-bond donors (Lipinski definition) is 1. The van der Waals surface area contributed by atoms with Crippen molar-refractivity contribution in [3.8, 4) is 11.5 Å². The van der Waals surface area contributed by atoms with Crippen LogP contribution in [-0.4, -0.2) is 37.3 Å². The monoisotopic (exact) mass is 285 g/mol. The molecule has 110 valence electrons. The first kappa shape index (κ1) is 13.7. The van der Waals surface area contributed by atoms with Gasteiger partial charge in [0.25, 0.3) is 0 Å². The Kier molecular flexibility index (Phi) is 3.45. The lowest BCUT2D eigenvalue weighted by Gasteiger charge is -2.22. The zero-order valence-corrected chi connectivity index (χ0v) is 12.6. The summed E-state index contributed by atoms with van der Waals surface area (Å²) in [6.45, 7) is 6.29. The lowest BCUT2D eigenvalue weighted by atomic mass is 10.2. The predicted octanol–water partition coefficient (Wildman–Crippen LogP) is 2.17. The average molecular weight is 285 g/mol. The Morgan fingerprint density at radius 2 is 2.19 bits per heavy atom. The van der Waals surface area contributed by atoms with Gasteiger partial charge in [-0.3, -0.25) is 4.79 Å². The summed E-state index contributed by atoms with van der Waals surface area (Å²) in [5, 5.41) is 0. The highest BCUT2D eigenvalue weighted by Gasteiger charge is 2.30. The third kappa shape index (κ3) is 2.66. The first-order valence-electron chi connectivity index (χ1n) is 7.19. The number of aromatic nitrogens is 4. The van der Waals surface area contributed by atoms with E-state index in [4.69, 9.17) is 0 Å². The summed E-state index contributed by atoms with van der Waals surface area (Å²) in [4.78, 5) is 30.3. The summed E-state index contributed by atoms with van der Waals surface area (Å²) < 4.78 is 0. The largest absolute Gasteiger partial charge is 0.341 e. The number of aromatic amines is 1. The molecule has 0 radical (unpaired) electrons. The molecule has 3 rings (SSSR count). The van der Waals surface area contributed by atoms with Gasteiger partial charge in [0.2, 0.25) is 5.91 Å². The van der Waals surface area contributed by atoms with E-state index in [0.717, 1.165) is 42.3 Å². The van der Waals surface area contributed by atoms with Crippen molar-refractivity contribution in [3.05, 3.63) is 29.5 Å². The van der Waals surface area contributed by atoms with Gasteiger partial charge >= 0.3 is 0 Å². The van der Waals surface area contributed by atoms with Gasteiger partial charge < -0.3 is 9.88 Å². The highest BCUT2D eigenvalue weighted by molar-refractivity contribution is 5.74. The zero-order chi connectivity index (χ0) is 15.0. The lowest BCUT2D eigenvalue weighted by Crippen LogP contribution is -2.29. The number of H-pyrrole nitrogens is 1. The van der Waals surface area contributed by atoms with Gasteiger partial charge in [-0.2, -0.15) is 0 Å². The SMILES string of the molecule is CC(=O)N1CCC[C@@H]1c1nc(C)cc(-c2ncc(C)[nH]2)n1. The van der Waals surface area contributed by atoms with Crippen molar-refractivity contribution >= 4 is 5.91 Å². The number of aryl methyl sites for hydroxylation is 2. The maximum atomic E-state index is 11.7. The van der Waals surface area contributed by atoms with E-state index < -0.39 is 0 Å². The second kappa shape index (κ2) is 5.27. The second-order valence-electron chi connectivity index (χ2n) is 5.54. The molecule has 0 bridgehead atoms. The molecule has 1 amide bonds. The third-order valence-electron chi connectivity index (χ3n) is 3.77.